The Morgan fingerprint density at radius 1 is 0.864 bits per heavy atom. The van der Waals surface area contributed by atoms with Crippen molar-refractivity contribution in [3.8, 4) is 0 Å². The third kappa shape index (κ3) is 2.07. The molecule has 0 amide bonds. The summed E-state index contributed by atoms with van der Waals surface area (Å²) in [6.45, 7) is 0. The second kappa shape index (κ2) is 4.58. The lowest BCUT2D eigenvalue weighted by Gasteiger charge is -2.31. The molecule has 0 unspecified atom stereocenters. The lowest BCUT2D eigenvalue weighted by atomic mass is 10.1. The monoisotopic (exact) mass is 330 g/mol. The predicted octanol–water partition coefficient (Wildman–Crippen LogP) is 2.44. The lowest BCUT2D eigenvalue weighted by molar-refractivity contribution is -0.377. The predicted molar refractivity (Wildman–Crippen MR) is 60.0 cm³/mol. The Balaban J connectivity index is 3.07. The van der Waals surface area contributed by atoms with Gasteiger partial charge in [-0.05, 0) is 12.1 Å². The maximum Gasteiger partial charge on any atom is 0.452 e. The van der Waals surface area contributed by atoms with E-state index in [1.165, 1.54) is 4.98 Å². The molecule has 11 heteroatoms. The van der Waals surface area contributed by atoms with Crippen LogP contribution in [0.3, 0.4) is 0 Å². The van der Waals surface area contributed by atoms with Crippen LogP contribution in [0.1, 0.15) is 0 Å². The Bertz CT molecular complexity index is 817. The van der Waals surface area contributed by atoms with Crippen LogP contribution in [0.15, 0.2) is 33.9 Å². The molecule has 0 spiro atoms. The molecule has 0 saturated heterocycles. The summed E-state index contributed by atoms with van der Waals surface area (Å²) in [6, 6.07) is 3.56. The van der Waals surface area contributed by atoms with Crippen molar-refractivity contribution in [1.82, 2.24) is 9.55 Å². The van der Waals surface area contributed by atoms with Crippen molar-refractivity contribution >= 4 is 10.9 Å². The molecule has 0 saturated carbocycles. The maximum atomic E-state index is 14.1. The van der Waals surface area contributed by atoms with Crippen LogP contribution in [0, 0.1) is 0 Å². The second-order valence-electron chi connectivity index (χ2n) is 4.23. The molecular weight excluding hydrogens is 325 g/mol. The van der Waals surface area contributed by atoms with Crippen LogP contribution in [0.5, 0.6) is 0 Å². The number of aromatic amines is 1. The van der Waals surface area contributed by atoms with E-state index >= 15 is 0 Å². The SMILES string of the molecule is O=c1[nH]c(=O)n(C(F)(C(F)(F)F)C(F)(F)F)c2ccccc12. The van der Waals surface area contributed by atoms with Crippen LogP contribution in [0.25, 0.3) is 10.9 Å². The number of halogens is 7. The van der Waals surface area contributed by atoms with Crippen molar-refractivity contribution in [3.63, 3.8) is 0 Å². The molecule has 0 fully saturated rings. The smallest absolute Gasteiger partial charge is 0.273 e. The van der Waals surface area contributed by atoms with Gasteiger partial charge < -0.3 is 0 Å². The highest BCUT2D eigenvalue weighted by Gasteiger charge is 2.75. The van der Waals surface area contributed by atoms with Crippen molar-refractivity contribution in [1.29, 1.82) is 0 Å². The molecule has 1 aromatic carbocycles. The number of hydrogen-bond donors (Lipinski definition) is 1. The molecule has 0 aliphatic heterocycles. The van der Waals surface area contributed by atoms with Gasteiger partial charge in [0.2, 0.25) is 0 Å². The maximum absolute atomic E-state index is 14.1. The zero-order valence-electron chi connectivity index (χ0n) is 10.2. The fraction of sp³-hybridized carbons (Fsp3) is 0.273. The van der Waals surface area contributed by atoms with E-state index in [9.17, 15) is 40.3 Å². The van der Waals surface area contributed by atoms with Crippen LogP contribution >= 0.6 is 0 Å². The Hall–Kier alpha value is -2.33. The first kappa shape index (κ1) is 16.0. The highest BCUT2D eigenvalue weighted by molar-refractivity contribution is 5.78. The number of hydrogen-bond acceptors (Lipinski definition) is 2. The summed E-state index contributed by atoms with van der Waals surface area (Å²) in [6.07, 6.45) is -13.0. The Labute approximate surface area is 115 Å². The van der Waals surface area contributed by atoms with E-state index in [0.717, 1.165) is 18.2 Å². The van der Waals surface area contributed by atoms with Crippen LogP contribution in [-0.2, 0) is 5.79 Å². The van der Waals surface area contributed by atoms with Crippen molar-refractivity contribution in [3.05, 3.63) is 45.1 Å². The van der Waals surface area contributed by atoms with Gasteiger partial charge in [-0.2, -0.15) is 30.7 Å². The van der Waals surface area contributed by atoms with E-state index in [1.54, 1.807) is 0 Å². The van der Waals surface area contributed by atoms with E-state index in [0.29, 0.717) is 6.07 Å². The standard InChI is InChI=1S/C11H5F7N2O2/c12-9(10(13,14)15,11(16,17)18)20-6-4-2-1-3-5(6)7(21)19-8(20)22/h1-4H,(H,19,21,22). The minimum atomic E-state index is -6.48. The van der Waals surface area contributed by atoms with Crippen molar-refractivity contribution in [2.24, 2.45) is 0 Å². The first-order valence-electron chi connectivity index (χ1n) is 5.48. The molecule has 0 radical (unpaired) electrons. The number of rotatable bonds is 1. The number of para-hydroxylation sites is 1. The van der Waals surface area contributed by atoms with Gasteiger partial charge in [0.1, 0.15) is 0 Å². The van der Waals surface area contributed by atoms with Crippen molar-refractivity contribution in [2.45, 2.75) is 18.1 Å². The topological polar surface area (TPSA) is 54.9 Å². The third-order valence-corrected chi connectivity index (χ3v) is 2.87. The minimum Gasteiger partial charge on any atom is -0.273 e. The van der Waals surface area contributed by atoms with Gasteiger partial charge in [0.05, 0.1) is 10.9 Å². The summed E-state index contributed by atoms with van der Waals surface area (Å²) < 4.78 is 89.4. The molecule has 120 valence electrons. The van der Waals surface area contributed by atoms with Gasteiger partial charge in [-0.15, -0.1) is 0 Å². The first-order valence-corrected chi connectivity index (χ1v) is 5.48. The molecule has 4 nitrogen and oxygen atoms in total. The Kier molecular flexibility index (Phi) is 3.34. The van der Waals surface area contributed by atoms with E-state index in [1.807, 2.05) is 0 Å². The quantitative estimate of drug-likeness (QED) is 0.817. The number of fused-ring (bicyclic) bond motifs is 1. The molecular formula is C11H5F7N2O2. The van der Waals surface area contributed by atoms with Gasteiger partial charge >= 0.3 is 23.8 Å². The molecule has 0 bridgehead atoms. The first-order chi connectivity index (χ1) is 9.91. The summed E-state index contributed by atoms with van der Waals surface area (Å²) in [7, 11) is 0. The molecule has 1 N–H and O–H groups in total. The van der Waals surface area contributed by atoms with Gasteiger partial charge in [-0.3, -0.25) is 9.78 Å². The van der Waals surface area contributed by atoms with E-state index < -0.39 is 44.9 Å². The number of nitrogens with one attached hydrogen (secondary N) is 1. The molecule has 0 atom stereocenters. The number of H-pyrrole nitrogens is 1. The van der Waals surface area contributed by atoms with Gasteiger partial charge in [-0.1, -0.05) is 12.1 Å². The van der Waals surface area contributed by atoms with Gasteiger partial charge in [0.15, 0.2) is 0 Å². The number of alkyl halides is 7. The third-order valence-electron chi connectivity index (χ3n) is 2.87. The van der Waals surface area contributed by atoms with Gasteiger partial charge in [0, 0.05) is 0 Å². The zero-order valence-corrected chi connectivity index (χ0v) is 10.2. The fourth-order valence-electron chi connectivity index (χ4n) is 1.91. The molecule has 2 rings (SSSR count). The number of benzene rings is 1. The summed E-state index contributed by atoms with van der Waals surface area (Å²) in [4.78, 5) is 24.1. The van der Waals surface area contributed by atoms with Gasteiger partial charge in [0.25, 0.3) is 5.56 Å². The van der Waals surface area contributed by atoms with E-state index in [4.69, 9.17) is 0 Å². The Morgan fingerprint density at radius 3 is 1.86 bits per heavy atom. The Morgan fingerprint density at radius 2 is 1.36 bits per heavy atom. The highest BCUT2D eigenvalue weighted by atomic mass is 19.4. The average Bonchev–Trinajstić information content (AvgIpc) is 2.35. The lowest BCUT2D eigenvalue weighted by Crippen LogP contribution is -2.59. The summed E-state index contributed by atoms with van der Waals surface area (Å²) in [5.74, 6) is -5.99. The largest absolute Gasteiger partial charge is 0.452 e. The molecule has 1 aromatic heterocycles. The second-order valence-corrected chi connectivity index (χ2v) is 4.23. The van der Waals surface area contributed by atoms with Crippen molar-refractivity contribution < 1.29 is 30.7 Å². The van der Waals surface area contributed by atoms with Crippen LogP contribution in [0.2, 0.25) is 0 Å². The summed E-state index contributed by atoms with van der Waals surface area (Å²) in [5.41, 5.74) is -4.53. The highest BCUT2D eigenvalue weighted by Crippen LogP contribution is 2.49. The van der Waals surface area contributed by atoms with E-state index in [2.05, 4.69) is 0 Å². The summed E-state index contributed by atoms with van der Waals surface area (Å²) >= 11 is 0. The molecule has 0 aliphatic rings. The van der Waals surface area contributed by atoms with Crippen molar-refractivity contribution in [2.75, 3.05) is 0 Å². The normalized spacial score (nSPS) is 13.6. The van der Waals surface area contributed by atoms with Crippen LogP contribution in [-0.4, -0.2) is 21.9 Å². The molecule has 0 aliphatic carbocycles. The molecule has 22 heavy (non-hydrogen) atoms. The molecule has 1 heterocycles. The zero-order chi connectivity index (χ0) is 16.9. The van der Waals surface area contributed by atoms with E-state index in [-0.39, 0.29) is 0 Å². The fourth-order valence-corrected chi connectivity index (χ4v) is 1.91. The molecule has 2 aromatic rings. The number of nitrogens with zero attached hydrogens (tertiary/aromatic N) is 1. The summed E-state index contributed by atoms with van der Waals surface area (Å²) in [5, 5.41) is -0.697. The minimum absolute atomic E-state index is 0.609. The van der Waals surface area contributed by atoms with Crippen LogP contribution < -0.4 is 11.2 Å². The van der Waals surface area contributed by atoms with Crippen LogP contribution in [0.4, 0.5) is 30.7 Å². The van der Waals surface area contributed by atoms with Gasteiger partial charge in [-0.25, -0.2) is 9.36 Å². The number of aromatic nitrogens is 2. The average molecular weight is 330 g/mol.